The molecule has 0 radical (unpaired) electrons. The van der Waals surface area contributed by atoms with E-state index in [9.17, 15) is 4.79 Å². The van der Waals surface area contributed by atoms with Crippen LogP contribution in [0.15, 0.2) is 30.6 Å². The van der Waals surface area contributed by atoms with Gasteiger partial charge in [-0.3, -0.25) is 4.79 Å². The molecule has 0 saturated heterocycles. The summed E-state index contributed by atoms with van der Waals surface area (Å²) >= 11 is 0. The van der Waals surface area contributed by atoms with Gasteiger partial charge in [0.05, 0.1) is 12.0 Å². The molecule has 0 spiro atoms. The predicted molar refractivity (Wildman–Crippen MR) is 86.8 cm³/mol. The standard InChI is InChI=1S/C18H23N3O/c1-13-14(2)21(12-20-13)17-9-7-15(8-10-17)11-19-18(22)16-5-3-4-6-16/h7-10,12,16H,3-6,11H2,1-2H3,(H,19,22). The minimum Gasteiger partial charge on any atom is -0.352 e. The Morgan fingerprint density at radius 3 is 2.50 bits per heavy atom. The SMILES string of the molecule is Cc1ncn(-c2ccc(CNC(=O)C3CCCC3)cc2)c1C. The first-order valence-electron chi connectivity index (χ1n) is 8.02. The van der Waals surface area contributed by atoms with Gasteiger partial charge in [0.15, 0.2) is 0 Å². The van der Waals surface area contributed by atoms with Crippen molar-refractivity contribution >= 4 is 5.91 Å². The van der Waals surface area contributed by atoms with E-state index in [1.54, 1.807) is 0 Å². The number of hydrogen-bond acceptors (Lipinski definition) is 2. The van der Waals surface area contributed by atoms with Crippen LogP contribution in [0.25, 0.3) is 5.69 Å². The zero-order valence-corrected chi connectivity index (χ0v) is 13.3. The Labute approximate surface area is 131 Å². The van der Waals surface area contributed by atoms with Gasteiger partial charge < -0.3 is 9.88 Å². The van der Waals surface area contributed by atoms with Gasteiger partial charge in [-0.25, -0.2) is 4.98 Å². The summed E-state index contributed by atoms with van der Waals surface area (Å²) in [6.45, 7) is 4.69. The second-order valence-corrected chi connectivity index (χ2v) is 6.15. The number of imidazole rings is 1. The molecule has 0 unspecified atom stereocenters. The van der Waals surface area contributed by atoms with Gasteiger partial charge in [-0.05, 0) is 44.4 Å². The first kappa shape index (κ1) is 14.8. The highest BCUT2D eigenvalue weighted by Gasteiger charge is 2.22. The third-order valence-electron chi connectivity index (χ3n) is 4.66. The minimum absolute atomic E-state index is 0.211. The van der Waals surface area contributed by atoms with Crippen LogP contribution in [0.2, 0.25) is 0 Å². The van der Waals surface area contributed by atoms with Crippen LogP contribution >= 0.6 is 0 Å². The molecule has 22 heavy (non-hydrogen) atoms. The number of aryl methyl sites for hydroxylation is 1. The smallest absolute Gasteiger partial charge is 0.223 e. The van der Waals surface area contributed by atoms with E-state index in [0.717, 1.165) is 35.5 Å². The summed E-state index contributed by atoms with van der Waals surface area (Å²) in [6.07, 6.45) is 6.32. The molecule has 1 aromatic carbocycles. The molecular weight excluding hydrogens is 274 g/mol. The normalized spacial score (nSPS) is 15.2. The number of nitrogens with zero attached hydrogens (tertiary/aromatic N) is 2. The van der Waals surface area contributed by atoms with Crippen molar-refractivity contribution in [1.29, 1.82) is 0 Å². The zero-order chi connectivity index (χ0) is 15.5. The fraction of sp³-hybridized carbons (Fsp3) is 0.444. The van der Waals surface area contributed by atoms with Gasteiger partial charge in [-0.15, -0.1) is 0 Å². The van der Waals surface area contributed by atoms with Crippen molar-refractivity contribution in [3.8, 4) is 5.69 Å². The van der Waals surface area contributed by atoms with Crippen LogP contribution < -0.4 is 5.32 Å². The molecule has 1 N–H and O–H groups in total. The van der Waals surface area contributed by atoms with Crippen LogP contribution in [0.4, 0.5) is 0 Å². The first-order chi connectivity index (χ1) is 10.6. The van der Waals surface area contributed by atoms with Crippen LogP contribution in [0.3, 0.4) is 0 Å². The van der Waals surface area contributed by atoms with Crippen molar-refractivity contribution in [3.05, 3.63) is 47.5 Å². The largest absolute Gasteiger partial charge is 0.352 e. The predicted octanol–water partition coefficient (Wildman–Crippen LogP) is 3.30. The van der Waals surface area contributed by atoms with Crippen LogP contribution in [-0.4, -0.2) is 15.5 Å². The van der Waals surface area contributed by atoms with Crippen molar-refractivity contribution in [2.24, 2.45) is 5.92 Å². The van der Waals surface area contributed by atoms with Crippen molar-refractivity contribution in [2.75, 3.05) is 0 Å². The lowest BCUT2D eigenvalue weighted by molar-refractivity contribution is -0.124. The Balaban J connectivity index is 1.62. The van der Waals surface area contributed by atoms with E-state index in [4.69, 9.17) is 0 Å². The summed E-state index contributed by atoms with van der Waals surface area (Å²) in [5.41, 5.74) is 4.43. The topological polar surface area (TPSA) is 46.9 Å². The maximum Gasteiger partial charge on any atom is 0.223 e. The average molecular weight is 297 g/mol. The second-order valence-electron chi connectivity index (χ2n) is 6.15. The fourth-order valence-corrected chi connectivity index (χ4v) is 3.05. The molecule has 3 rings (SSSR count). The molecule has 1 aromatic heterocycles. The zero-order valence-electron chi connectivity index (χ0n) is 13.3. The lowest BCUT2D eigenvalue weighted by atomic mass is 10.1. The van der Waals surface area contributed by atoms with Gasteiger partial charge in [0, 0.05) is 23.8 Å². The lowest BCUT2D eigenvalue weighted by Gasteiger charge is -2.11. The number of nitrogens with one attached hydrogen (secondary N) is 1. The van der Waals surface area contributed by atoms with E-state index in [1.165, 1.54) is 12.8 Å². The average Bonchev–Trinajstić information content (AvgIpc) is 3.17. The lowest BCUT2D eigenvalue weighted by Crippen LogP contribution is -2.28. The second kappa shape index (κ2) is 6.34. The number of hydrogen-bond donors (Lipinski definition) is 1. The van der Waals surface area contributed by atoms with E-state index in [2.05, 4.69) is 46.1 Å². The summed E-state index contributed by atoms with van der Waals surface area (Å²) in [6, 6.07) is 8.29. The highest BCUT2D eigenvalue weighted by Crippen LogP contribution is 2.24. The Hall–Kier alpha value is -2.10. The Morgan fingerprint density at radius 2 is 1.91 bits per heavy atom. The number of benzene rings is 1. The molecule has 0 bridgehead atoms. The number of aromatic nitrogens is 2. The van der Waals surface area contributed by atoms with Gasteiger partial charge in [0.25, 0.3) is 0 Å². The number of carbonyl (C=O) groups excluding carboxylic acids is 1. The highest BCUT2D eigenvalue weighted by atomic mass is 16.1. The van der Waals surface area contributed by atoms with E-state index in [-0.39, 0.29) is 11.8 Å². The molecule has 2 aromatic rings. The summed E-state index contributed by atoms with van der Waals surface area (Å²) < 4.78 is 2.08. The fourth-order valence-electron chi connectivity index (χ4n) is 3.05. The molecule has 4 nitrogen and oxygen atoms in total. The van der Waals surface area contributed by atoms with Gasteiger partial charge in [0.2, 0.25) is 5.91 Å². The molecule has 4 heteroatoms. The number of rotatable bonds is 4. The summed E-state index contributed by atoms with van der Waals surface area (Å²) in [5, 5.41) is 3.06. The van der Waals surface area contributed by atoms with E-state index in [1.807, 2.05) is 13.3 Å². The Kier molecular flexibility index (Phi) is 4.27. The van der Waals surface area contributed by atoms with Crippen LogP contribution in [0, 0.1) is 19.8 Å². The minimum atomic E-state index is 0.211. The van der Waals surface area contributed by atoms with Crippen molar-refractivity contribution in [1.82, 2.24) is 14.9 Å². The molecule has 1 aliphatic carbocycles. The summed E-state index contributed by atoms with van der Waals surface area (Å²) in [4.78, 5) is 16.4. The van der Waals surface area contributed by atoms with Gasteiger partial charge in [-0.2, -0.15) is 0 Å². The van der Waals surface area contributed by atoms with Crippen LogP contribution in [0.5, 0.6) is 0 Å². The van der Waals surface area contributed by atoms with Crippen molar-refractivity contribution in [2.45, 2.75) is 46.1 Å². The Bertz CT molecular complexity index is 651. The quantitative estimate of drug-likeness (QED) is 0.941. The third kappa shape index (κ3) is 3.06. The maximum absolute atomic E-state index is 12.0. The molecule has 1 aliphatic rings. The number of amides is 1. The molecule has 116 valence electrons. The third-order valence-corrected chi connectivity index (χ3v) is 4.66. The summed E-state index contributed by atoms with van der Waals surface area (Å²) in [7, 11) is 0. The van der Waals surface area contributed by atoms with Crippen molar-refractivity contribution in [3.63, 3.8) is 0 Å². The highest BCUT2D eigenvalue weighted by molar-refractivity contribution is 5.78. The molecule has 1 amide bonds. The van der Waals surface area contributed by atoms with E-state index >= 15 is 0 Å². The monoisotopic (exact) mass is 297 g/mol. The van der Waals surface area contributed by atoms with Gasteiger partial charge in [-0.1, -0.05) is 25.0 Å². The van der Waals surface area contributed by atoms with Gasteiger partial charge in [0.1, 0.15) is 0 Å². The van der Waals surface area contributed by atoms with Crippen LogP contribution in [-0.2, 0) is 11.3 Å². The Morgan fingerprint density at radius 1 is 1.23 bits per heavy atom. The first-order valence-corrected chi connectivity index (χ1v) is 8.02. The van der Waals surface area contributed by atoms with Gasteiger partial charge >= 0.3 is 0 Å². The molecular formula is C18H23N3O. The van der Waals surface area contributed by atoms with Crippen LogP contribution in [0.1, 0.15) is 42.6 Å². The number of carbonyl (C=O) groups is 1. The molecule has 1 heterocycles. The van der Waals surface area contributed by atoms with E-state index < -0.39 is 0 Å². The van der Waals surface area contributed by atoms with Crippen molar-refractivity contribution < 1.29 is 4.79 Å². The summed E-state index contributed by atoms with van der Waals surface area (Å²) in [5.74, 6) is 0.443. The van der Waals surface area contributed by atoms with E-state index in [0.29, 0.717) is 6.54 Å². The molecule has 0 atom stereocenters. The molecule has 1 saturated carbocycles. The molecule has 1 fully saturated rings. The maximum atomic E-state index is 12.0. The molecule has 0 aliphatic heterocycles.